The number of halogens is 6. The number of nitrogens with zero attached hydrogens (tertiary/aromatic N) is 7. The van der Waals surface area contributed by atoms with Crippen LogP contribution in [0.25, 0.3) is 88.4 Å². The molecule has 0 N–H and O–H groups in total. The van der Waals surface area contributed by atoms with Gasteiger partial charge in [-0.15, -0.1) is 0 Å². The van der Waals surface area contributed by atoms with Crippen LogP contribution in [-0.4, -0.2) is 9.13 Å². The van der Waals surface area contributed by atoms with Gasteiger partial charge in [0.25, 0.3) is 0 Å². The third-order valence-electron chi connectivity index (χ3n) is 12.2. The molecule has 7 nitrogen and oxygen atoms in total. The molecule has 10 rings (SSSR count). The molecule has 0 amide bonds. The third-order valence-corrected chi connectivity index (χ3v) is 12.2. The van der Waals surface area contributed by atoms with Gasteiger partial charge in [0.1, 0.15) is 11.6 Å². The highest BCUT2D eigenvalue weighted by Crippen LogP contribution is 2.49. The molecule has 0 saturated heterocycles. The van der Waals surface area contributed by atoms with Crippen LogP contribution >= 0.6 is 0 Å². The molecule has 0 aliphatic heterocycles. The van der Waals surface area contributed by atoms with Crippen LogP contribution in [0, 0.1) is 56.7 Å². The van der Waals surface area contributed by atoms with Crippen molar-refractivity contribution < 1.29 is 26.3 Å². The molecule has 0 spiro atoms. The quantitative estimate of drug-likeness (QED) is 0.159. The molecule has 0 atom stereocenters. The van der Waals surface area contributed by atoms with E-state index in [0.29, 0.717) is 89.6 Å². The fraction of sp³-hybridized carbons (Fsp3) is 0.0364. The molecule has 0 radical (unpaired) electrons. The average Bonchev–Trinajstić information content (AvgIpc) is 3.86. The Labute approximate surface area is 382 Å². The van der Waals surface area contributed by atoms with Gasteiger partial charge in [0, 0.05) is 32.7 Å². The zero-order valence-corrected chi connectivity index (χ0v) is 34.8. The minimum absolute atomic E-state index is 0.151. The van der Waals surface area contributed by atoms with Crippen LogP contribution < -0.4 is 0 Å². The lowest BCUT2D eigenvalue weighted by molar-refractivity contribution is -0.142. The van der Waals surface area contributed by atoms with Crippen LogP contribution in [-0.2, 0) is 12.4 Å². The van der Waals surface area contributed by atoms with Gasteiger partial charge in [-0.1, -0.05) is 72.8 Å². The van der Waals surface area contributed by atoms with Crippen LogP contribution in [0.15, 0.2) is 152 Å². The SMILES string of the molecule is N#Cc1ccc(-c2ccc3c(c2)c2ccccc2n3-c2ccc(-c3c(C(F)(F)F)cccc3C(F)(F)F)c(-n3c4ccccc4c4cc(-c5ccc(C#N)cc5C#N)ccc43)c2C#N)c(C#N)c1. The van der Waals surface area contributed by atoms with Crippen LogP contribution in [0.3, 0.4) is 0 Å². The fourth-order valence-electron chi connectivity index (χ4n) is 9.32. The van der Waals surface area contributed by atoms with Crippen molar-refractivity contribution in [2.24, 2.45) is 0 Å². The van der Waals surface area contributed by atoms with Crippen LogP contribution in [0.1, 0.15) is 38.9 Å². The molecular formula is C55H25F6N7. The van der Waals surface area contributed by atoms with Gasteiger partial charge in [0.2, 0.25) is 0 Å². The Morgan fingerprint density at radius 1 is 0.382 bits per heavy atom. The fourth-order valence-corrected chi connectivity index (χ4v) is 9.32. The Balaban J connectivity index is 1.34. The van der Waals surface area contributed by atoms with E-state index in [4.69, 9.17) is 0 Å². The van der Waals surface area contributed by atoms with Gasteiger partial charge in [-0.05, 0) is 101 Å². The number of alkyl halides is 6. The van der Waals surface area contributed by atoms with Crippen molar-refractivity contribution >= 4 is 43.6 Å². The lowest BCUT2D eigenvalue weighted by Crippen LogP contribution is -2.16. The highest BCUT2D eigenvalue weighted by Gasteiger charge is 2.42. The number of hydrogen-bond acceptors (Lipinski definition) is 5. The maximum Gasteiger partial charge on any atom is 0.417 e. The molecule has 0 bridgehead atoms. The summed E-state index contributed by atoms with van der Waals surface area (Å²) in [5.74, 6) is 0. The Kier molecular flexibility index (Phi) is 9.85. The first kappa shape index (κ1) is 42.3. The van der Waals surface area contributed by atoms with Gasteiger partial charge >= 0.3 is 12.4 Å². The summed E-state index contributed by atoms with van der Waals surface area (Å²) in [6, 6.07) is 48.8. The normalized spacial score (nSPS) is 11.6. The number of benzene rings is 8. The number of fused-ring (bicyclic) bond motifs is 6. The number of aromatic nitrogens is 2. The van der Waals surface area contributed by atoms with Crippen molar-refractivity contribution in [3.8, 4) is 75.1 Å². The monoisotopic (exact) mass is 897 g/mol. The van der Waals surface area contributed by atoms with Gasteiger partial charge in [0.05, 0.1) is 91.1 Å². The smallest absolute Gasteiger partial charge is 0.308 e. The van der Waals surface area contributed by atoms with E-state index in [1.54, 1.807) is 102 Å². The Morgan fingerprint density at radius 2 is 0.838 bits per heavy atom. The predicted octanol–water partition coefficient (Wildman–Crippen LogP) is 14.3. The molecule has 13 heteroatoms. The molecule has 0 aliphatic carbocycles. The zero-order valence-electron chi connectivity index (χ0n) is 34.8. The standard InChI is InChI=1S/C55H25F6N7/c56-54(57,58)45-8-5-9-46(55(59,60)61)52(45)41-18-21-51(67-47-10-3-1-6-39(47)42-24-33(14-19-49(42)67)37-16-12-31(26-62)22-35(37)28-64)44(30-66)53(41)68-48-11-4-2-7-40(48)43-25-34(15-20-50(43)68)38-17-13-32(27-63)23-36(38)29-65/h1-25H. The Bertz CT molecular complexity index is 3990. The molecule has 322 valence electrons. The Hall–Kier alpha value is -9.61. The van der Waals surface area contributed by atoms with Crippen molar-refractivity contribution in [2.75, 3.05) is 0 Å². The molecule has 0 fully saturated rings. The minimum atomic E-state index is -5.26. The van der Waals surface area contributed by atoms with Gasteiger partial charge in [-0.25, -0.2) is 0 Å². The summed E-state index contributed by atoms with van der Waals surface area (Å²) in [4.78, 5) is 0. The molecule has 0 saturated carbocycles. The maximum absolute atomic E-state index is 15.2. The van der Waals surface area contributed by atoms with Gasteiger partial charge in [-0.3, -0.25) is 0 Å². The lowest BCUT2D eigenvalue weighted by Gasteiger charge is -2.24. The van der Waals surface area contributed by atoms with E-state index in [1.165, 1.54) is 28.8 Å². The zero-order chi connectivity index (χ0) is 47.6. The molecule has 2 heterocycles. The Morgan fingerprint density at radius 3 is 1.31 bits per heavy atom. The van der Waals surface area contributed by atoms with Crippen LogP contribution in [0.4, 0.5) is 26.3 Å². The average molecular weight is 898 g/mol. The first-order chi connectivity index (χ1) is 32.8. The molecule has 0 aliphatic rings. The molecule has 2 aromatic heterocycles. The molecule has 10 aromatic rings. The van der Waals surface area contributed by atoms with E-state index in [9.17, 15) is 26.3 Å². The van der Waals surface area contributed by atoms with Crippen LogP contribution in [0.2, 0.25) is 0 Å². The molecule has 0 unspecified atom stereocenters. The second-order valence-electron chi connectivity index (χ2n) is 15.8. The highest BCUT2D eigenvalue weighted by molar-refractivity contribution is 6.13. The summed E-state index contributed by atoms with van der Waals surface area (Å²) in [6.07, 6.45) is -10.5. The largest absolute Gasteiger partial charge is 0.417 e. The second-order valence-corrected chi connectivity index (χ2v) is 15.8. The molecule has 68 heavy (non-hydrogen) atoms. The van der Waals surface area contributed by atoms with Crippen molar-refractivity contribution in [3.63, 3.8) is 0 Å². The summed E-state index contributed by atoms with van der Waals surface area (Å²) in [5.41, 5.74) is -0.0934. The predicted molar refractivity (Wildman–Crippen MR) is 245 cm³/mol. The number of para-hydroxylation sites is 2. The van der Waals surface area contributed by atoms with E-state index in [2.05, 4.69) is 18.2 Å². The van der Waals surface area contributed by atoms with E-state index in [1.807, 2.05) is 24.3 Å². The van der Waals surface area contributed by atoms with Crippen molar-refractivity contribution in [2.45, 2.75) is 12.4 Å². The molecular weight excluding hydrogens is 873 g/mol. The van der Waals surface area contributed by atoms with Crippen LogP contribution in [0.5, 0.6) is 0 Å². The topological polar surface area (TPSA) is 129 Å². The van der Waals surface area contributed by atoms with Gasteiger partial charge < -0.3 is 9.13 Å². The van der Waals surface area contributed by atoms with Crippen molar-refractivity contribution in [1.29, 1.82) is 26.3 Å². The maximum atomic E-state index is 15.2. The first-order valence-corrected chi connectivity index (χ1v) is 20.6. The van der Waals surface area contributed by atoms with Gasteiger partial charge in [-0.2, -0.15) is 52.7 Å². The van der Waals surface area contributed by atoms with E-state index < -0.39 is 34.6 Å². The van der Waals surface area contributed by atoms with Gasteiger partial charge in [0.15, 0.2) is 0 Å². The minimum Gasteiger partial charge on any atom is -0.308 e. The van der Waals surface area contributed by atoms with Crippen molar-refractivity contribution in [1.82, 2.24) is 9.13 Å². The first-order valence-electron chi connectivity index (χ1n) is 20.6. The van der Waals surface area contributed by atoms with E-state index in [0.717, 1.165) is 0 Å². The number of hydrogen-bond donors (Lipinski definition) is 0. The number of rotatable bonds is 5. The summed E-state index contributed by atoms with van der Waals surface area (Å²) < 4.78 is 94.2. The number of nitriles is 5. The summed E-state index contributed by atoms with van der Waals surface area (Å²) in [7, 11) is 0. The summed E-state index contributed by atoms with van der Waals surface area (Å²) >= 11 is 0. The van der Waals surface area contributed by atoms with E-state index in [-0.39, 0.29) is 33.6 Å². The highest BCUT2D eigenvalue weighted by atomic mass is 19.4. The summed E-state index contributed by atoms with van der Waals surface area (Å²) in [6.45, 7) is 0. The summed E-state index contributed by atoms with van der Waals surface area (Å²) in [5, 5.41) is 52.9. The van der Waals surface area contributed by atoms with E-state index >= 15 is 26.3 Å². The van der Waals surface area contributed by atoms with Crippen molar-refractivity contribution in [3.05, 3.63) is 191 Å². The second kappa shape index (κ2) is 15.8. The molecule has 8 aromatic carbocycles. The lowest BCUT2D eigenvalue weighted by atomic mass is 9.90. The third kappa shape index (κ3) is 6.64.